The van der Waals surface area contributed by atoms with Gasteiger partial charge in [0.15, 0.2) is 0 Å². The maximum Gasteiger partial charge on any atom is 0.238 e. The van der Waals surface area contributed by atoms with Crippen LogP contribution < -0.4 is 10.0 Å². The number of benzene rings is 1. The maximum atomic E-state index is 12.3. The third-order valence-electron chi connectivity index (χ3n) is 3.57. The van der Waals surface area contributed by atoms with Crippen LogP contribution in [0.1, 0.15) is 32.6 Å². The molecule has 7 heteroatoms. The van der Waals surface area contributed by atoms with Gasteiger partial charge in [-0.15, -0.1) is 0 Å². The van der Waals surface area contributed by atoms with Crippen LogP contribution in [-0.2, 0) is 19.6 Å². The summed E-state index contributed by atoms with van der Waals surface area (Å²) < 4.78 is 22.4. The lowest BCUT2D eigenvalue weighted by atomic mass is 10.0. The Morgan fingerprint density at radius 1 is 1.24 bits per heavy atom. The molecule has 1 aromatic rings. The molecule has 1 aromatic carbocycles. The highest BCUT2D eigenvalue weighted by atomic mass is 32.2. The number of sulfonamides is 1. The maximum absolute atomic E-state index is 12.3. The van der Waals surface area contributed by atoms with Crippen molar-refractivity contribution in [3.8, 4) is 0 Å². The molecule has 0 bridgehead atoms. The van der Waals surface area contributed by atoms with E-state index in [-0.39, 0.29) is 29.0 Å². The van der Waals surface area contributed by atoms with Crippen LogP contribution >= 0.6 is 0 Å². The molecule has 0 aliphatic carbocycles. The normalized spacial score (nSPS) is 19.3. The van der Waals surface area contributed by atoms with Crippen molar-refractivity contribution in [3.05, 3.63) is 24.3 Å². The van der Waals surface area contributed by atoms with Gasteiger partial charge in [0, 0.05) is 12.3 Å². The van der Waals surface area contributed by atoms with Crippen molar-refractivity contribution < 1.29 is 18.0 Å². The summed E-state index contributed by atoms with van der Waals surface area (Å²) in [6.07, 6.45) is 2.80. The van der Waals surface area contributed by atoms with Gasteiger partial charge in [-0.3, -0.25) is 14.5 Å². The fraction of sp³-hybridized carbons (Fsp3) is 0.429. The van der Waals surface area contributed by atoms with E-state index in [1.807, 2.05) is 6.92 Å². The van der Waals surface area contributed by atoms with Crippen molar-refractivity contribution >= 4 is 27.5 Å². The molecule has 1 aliphatic rings. The number of rotatable bonds is 5. The summed E-state index contributed by atoms with van der Waals surface area (Å²) in [6, 6.07) is 5.45. The summed E-state index contributed by atoms with van der Waals surface area (Å²) in [5, 5.41) is 5.02. The first-order chi connectivity index (χ1) is 9.84. The van der Waals surface area contributed by atoms with Gasteiger partial charge in [-0.2, -0.15) is 0 Å². The predicted octanol–water partition coefficient (Wildman–Crippen LogP) is 1.40. The van der Waals surface area contributed by atoms with E-state index in [0.29, 0.717) is 12.1 Å². The Labute approximate surface area is 124 Å². The summed E-state index contributed by atoms with van der Waals surface area (Å²) in [6.45, 7) is 2.03. The number of hydrogen-bond acceptors (Lipinski definition) is 4. The van der Waals surface area contributed by atoms with Crippen molar-refractivity contribution in [2.45, 2.75) is 37.5 Å². The van der Waals surface area contributed by atoms with E-state index < -0.39 is 10.0 Å². The molecule has 21 heavy (non-hydrogen) atoms. The largest absolute Gasteiger partial charge is 0.274 e. The molecule has 2 rings (SSSR count). The average molecular weight is 310 g/mol. The van der Waals surface area contributed by atoms with Gasteiger partial charge in [0.05, 0.1) is 10.6 Å². The van der Waals surface area contributed by atoms with Gasteiger partial charge >= 0.3 is 0 Å². The number of carbonyl (C=O) groups is 2. The number of imide groups is 1. The standard InChI is InChI=1S/C14H18N2O4S/c1-2-3-4-10-9-13(17)16(14(10)18)11-5-7-12(8-6-11)21(15,19)20/h5-8,10H,2-4,9H2,1H3,(H2,15,19,20)/t10-/m0/s1. The van der Waals surface area contributed by atoms with Gasteiger partial charge < -0.3 is 0 Å². The van der Waals surface area contributed by atoms with Crippen LogP contribution in [0, 0.1) is 5.92 Å². The van der Waals surface area contributed by atoms with E-state index in [2.05, 4.69) is 0 Å². The second kappa shape index (κ2) is 5.95. The van der Waals surface area contributed by atoms with Crippen molar-refractivity contribution in [2.75, 3.05) is 4.90 Å². The number of hydrogen-bond donors (Lipinski definition) is 1. The van der Waals surface area contributed by atoms with E-state index in [1.165, 1.54) is 24.3 Å². The van der Waals surface area contributed by atoms with Crippen molar-refractivity contribution in [3.63, 3.8) is 0 Å². The van der Waals surface area contributed by atoms with E-state index in [1.54, 1.807) is 0 Å². The number of anilines is 1. The summed E-state index contributed by atoms with van der Waals surface area (Å²) in [7, 11) is -3.78. The third kappa shape index (κ3) is 3.30. The van der Waals surface area contributed by atoms with E-state index in [0.717, 1.165) is 17.7 Å². The van der Waals surface area contributed by atoms with E-state index >= 15 is 0 Å². The molecule has 1 saturated heterocycles. The van der Waals surface area contributed by atoms with Crippen LogP contribution in [0.5, 0.6) is 0 Å². The minimum Gasteiger partial charge on any atom is -0.274 e. The van der Waals surface area contributed by atoms with Crippen LogP contribution in [0.25, 0.3) is 0 Å². The summed E-state index contributed by atoms with van der Waals surface area (Å²) in [5.41, 5.74) is 0.386. The molecule has 1 aliphatic heterocycles. The second-order valence-electron chi connectivity index (χ2n) is 5.15. The van der Waals surface area contributed by atoms with Gasteiger partial charge in [-0.1, -0.05) is 19.8 Å². The Balaban J connectivity index is 2.22. The van der Waals surface area contributed by atoms with Gasteiger partial charge in [-0.05, 0) is 30.7 Å². The van der Waals surface area contributed by atoms with E-state index in [4.69, 9.17) is 5.14 Å². The predicted molar refractivity (Wildman–Crippen MR) is 77.9 cm³/mol. The van der Waals surface area contributed by atoms with Crippen molar-refractivity contribution in [1.82, 2.24) is 0 Å². The second-order valence-corrected chi connectivity index (χ2v) is 6.71. The Kier molecular flexibility index (Phi) is 4.43. The molecule has 1 fully saturated rings. The molecule has 2 amide bonds. The molecule has 1 heterocycles. The first-order valence-electron chi connectivity index (χ1n) is 6.84. The topological polar surface area (TPSA) is 97.5 Å². The van der Waals surface area contributed by atoms with Crippen molar-refractivity contribution in [2.24, 2.45) is 11.1 Å². The van der Waals surface area contributed by atoms with Gasteiger partial charge in [-0.25, -0.2) is 13.6 Å². The zero-order valence-electron chi connectivity index (χ0n) is 11.8. The van der Waals surface area contributed by atoms with Crippen LogP contribution in [-0.4, -0.2) is 20.2 Å². The number of primary sulfonamides is 1. The summed E-state index contributed by atoms with van der Waals surface area (Å²) in [4.78, 5) is 25.4. The molecule has 2 N–H and O–H groups in total. The van der Waals surface area contributed by atoms with Crippen molar-refractivity contribution in [1.29, 1.82) is 0 Å². The summed E-state index contributed by atoms with van der Waals surface area (Å²) in [5.74, 6) is -0.725. The average Bonchev–Trinajstić information content (AvgIpc) is 2.70. The minimum absolute atomic E-state index is 0.0483. The lowest BCUT2D eigenvalue weighted by Gasteiger charge is -2.15. The highest BCUT2D eigenvalue weighted by Gasteiger charge is 2.38. The van der Waals surface area contributed by atoms with Crippen LogP contribution in [0.15, 0.2) is 29.2 Å². The van der Waals surface area contributed by atoms with Crippen LogP contribution in [0.2, 0.25) is 0 Å². The fourth-order valence-electron chi connectivity index (χ4n) is 2.43. The minimum atomic E-state index is -3.78. The smallest absolute Gasteiger partial charge is 0.238 e. The molecular formula is C14H18N2O4S. The molecular weight excluding hydrogens is 292 g/mol. The lowest BCUT2D eigenvalue weighted by molar-refractivity contribution is -0.122. The molecule has 0 radical (unpaired) electrons. The Morgan fingerprint density at radius 3 is 2.38 bits per heavy atom. The number of unbranched alkanes of at least 4 members (excludes halogenated alkanes) is 1. The quantitative estimate of drug-likeness (QED) is 0.831. The summed E-state index contributed by atoms with van der Waals surface area (Å²) >= 11 is 0. The third-order valence-corrected chi connectivity index (χ3v) is 4.50. The number of carbonyl (C=O) groups excluding carboxylic acids is 2. The molecule has 0 unspecified atom stereocenters. The number of nitrogens with two attached hydrogens (primary N) is 1. The zero-order valence-corrected chi connectivity index (χ0v) is 12.6. The van der Waals surface area contributed by atoms with Crippen LogP contribution in [0.4, 0.5) is 5.69 Å². The fourth-order valence-corrected chi connectivity index (χ4v) is 2.94. The highest BCUT2D eigenvalue weighted by molar-refractivity contribution is 7.89. The van der Waals surface area contributed by atoms with Crippen LogP contribution in [0.3, 0.4) is 0 Å². The first-order valence-corrected chi connectivity index (χ1v) is 8.39. The SMILES string of the molecule is CCCC[C@H]1CC(=O)N(c2ccc(S(N)(=O)=O)cc2)C1=O. The molecule has 114 valence electrons. The zero-order chi connectivity index (χ0) is 15.6. The van der Waals surface area contributed by atoms with Gasteiger partial charge in [0.2, 0.25) is 21.8 Å². The Bertz CT molecular complexity index is 652. The number of nitrogens with zero attached hydrogens (tertiary/aromatic N) is 1. The molecule has 1 atom stereocenters. The Hall–Kier alpha value is -1.73. The highest BCUT2D eigenvalue weighted by Crippen LogP contribution is 2.29. The van der Waals surface area contributed by atoms with Gasteiger partial charge in [0.1, 0.15) is 0 Å². The van der Waals surface area contributed by atoms with Gasteiger partial charge in [0.25, 0.3) is 0 Å². The molecule has 0 aromatic heterocycles. The first kappa shape index (κ1) is 15.7. The monoisotopic (exact) mass is 310 g/mol. The molecule has 6 nitrogen and oxygen atoms in total. The Morgan fingerprint density at radius 2 is 1.86 bits per heavy atom. The molecule has 0 saturated carbocycles. The lowest BCUT2D eigenvalue weighted by Crippen LogP contribution is -2.30. The van der Waals surface area contributed by atoms with E-state index in [9.17, 15) is 18.0 Å². The molecule has 0 spiro atoms. The number of amides is 2.